The summed E-state index contributed by atoms with van der Waals surface area (Å²) in [6, 6.07) is 10.2. The summed E-state index contributed by atoms with van der Waals surface area (Å²) < 4.78 is 7.58. The van der Waals surface area contributed by atoms with Crippen molar-refractivity contribution in [3.05, 3.63) is 45.6 Å². The van der Waals surface area contributed by atoms with Crippen LogP contribution in [0.2, 0.25) is 5.02 Å². The average Bonchev–Trinajstić information content (AvgIpc) is 3.07. The van der Waals surface area contributed by atoms with Crippen LogP contribution >= 0.6 is 22.9 Å². The van der Waals surface area contributed by atoms with Gasteiger partial charge in [-0.05, 0) is 62.9 Å². The number of aromatic nitrogens is 1. The van der Waals surface area contributed by atoms with Gasteiger partial charge in [-0.1, -0.05) is 11.6 Å². The molecule has 25 heavy (non-hydrogen) atoms. The van der Waals surface area contributed by atoms with Crippen LogP contribution in [0, 0.1) is 0 Å². The summed E-state index contributed by atoms with van der Waals surface area (Å²) in [7, 11) is 2.06. The highest BCUT2D eigenvalue weighted by Gasteiger charge is 2.18. The maximum Gasteiger partial charge on any atom is 0.306 e. The van der Waals surface area contributed by atoms with Crippen molar-refractivity contribution < 1.29 is 9.53 Å². The minimum atomic E-state index is -0.440. The lowest BCUT2D eigenvalue weighted by Gasteiger charge is -2.19. The Bertz CT molecular complexity index is 918. The zero-order chi connectivity index (χ0) is 18.2. The second kappa shape index (κ2) is 6.85. The van der Waals surface area contributed by atoms with Gasteiger partial charge in [0.1, 0.15) is 5.60 Å². The summed E-state index contributed by atoms with van der Waals surface area (Å²) in [5.74, 6) is -0.157. The molecule has 0 saturated heterocycles. The van der Waals surface area contributed by atoms with Crippen LogP contribution < -0.4 is 0 Å². The molecule has 3 rings (SSSR count). The van der Waals surface area contributed by atoms with Crippen LogP contribution in [0.3, 0.4) is 0 Å². The molecule has 0 amide bonds. The summed E-state index contributed by atoms with van der Waals surface area (Å²) in [6.07, 6.45) is 1.07. The number of ether oxygens (including phenoxy) is 1. The summed E-state index contributed by atoms with van der Waals surface area (Å²) in [4.78, 5) is 13.2. The Balaban J connectivity index is 1.85. The van der Waals surface area contributed by atoms with E-state index in [9.17, 15) is 4.79 Å². The lowest BCUT2D eigenvalue weighted by atomic mass is 10.1. The smallest absolute Gasteiger partial charge is 0.306 e. The Morgan fingerprint density at radius 2 is 2.00 bits per heavy atom. The fourth-order valence-corrected chi connectivity index (χ4v) is 4.02. The zero-order valence-electron chi connectivity index (χ0n) is 14.9. The maximum atomic E-state index is 12.0. The number of benzene rings is 1. The molecule has 0 aliphatic rings. The number of nitrogens with zero attached hydrogens (tertiary/aromatic N) is 1. The molecule has 132 valence electrons. The summed E-state index contributed by atoms with van der Waals surface area (Å²) >= 11 is 7.79. The van der Waals surface area contributed by atoms with Crippen LogP contribution in [0.1, 0.15) is 32.1 Å². The highest BCUT2D eigenvalue weighted by Crippen LogP contribution is 2.34. The number of carbonyl (C=O) groups is 1. The Morgan fingerprint density at radius 3 is 2.72 bits per heavy atom. The van der Waals surface area contributed by atoms with Crippen LogP contribution in [0.5, 0.6) is 0 Å². The normalized spacial score (nSPS) is 11.9. The quantitative estimate of drug-likeness (QED) is 0.537. The third-order valence-corrected chi connectivity index (χ3v) is 5.22. The van der Waals surface area contributed by atoms with E-state index in [0.29, 0.717) is 12.8 Å². The molecule has 0 fully saturated rings. The Labute approximate surface area is 157 Å². The van der Waals surface area contributed by atoms with E-state index in [1.165, 1.54) is 10.4 Å². The second-order valence-electron chi connectivity index (χ2n) is 7.14. The predicted molar refractivity (Wildman–Crippen MR) is 105 cm³/mol. The highest BCUT2D eigenvalue weighted by molar-refractivity contribution is 7.10. The topological polar surface area (TPSA) is 31.2 Å². The number of hydrogen-bond acceptors (Lipinski definition) is 3. The number of fused-ring (bicyclic) bond motifs is 1. The van der Waals surface area contributed by atoms with E-state index in [4.69, 9.17) is 16.3 Å². The zero-order valence-corrected chi connectivity index (χ0v) is 16.5. The van der Waals surface area contributed by atoms with Gasteiger partial charge in [0.2, 0.25) is 0 Å². The highest BCUT2D eigenvalue weighted by atomic mass is 35.5. The van der Waals surface area contributed by atoms with Crippen LogP contribution in [0.15, 0.2) is 35.7 Å². The van der Waals surface area contributed by atoms with Gasteiger partial charge in [0.05, 0.1) is 6.42 Å². The maximum absolute atomic E-state index is 12.0. The van der Waals surface area contributed by atoms with E-state index >= 15 is 0 Å². The Hall–Kier alpha value is -1.78. The molecule has 3 aromatic rings. The first-order chi connectivity index (χ1) is 11.7. The molecule has 0 aliphatic carbocycles. The van der Waals surface area contributed by atoms with E-state index in [1.54, 1.807) is 11.3 Å². The van der Waals surface area contributed by atoms with E-state index < -0.39 is 5.60 Å². The van der Waals surface area contributed by atoms with Crippen molar-refractivity contribution in [2.45, 2.75) is 39.2 Å². The number of esters is 1. The number of hydrogen-bond donors (Lipinski definition) is 0. The van der Waals surface area contributed by atoms with Gasteiger partial charge in [-0.2, -0.15) is 0 Å². The molecule has 0 spiro atoms. The third-order valence-electron chi connectivity index (χ3n) is 4.00. The van der Waals surface area contributed by atoms with Crippen LogP contribution in [0.4, 0.5) is 0 Å². The van der Waals surface area contributed by atoms with Gasteiger partial charge < -0.3 is 9.30 Å². The molecule has 0 saturated carbocycles. The first-order valence-corrected chi connectivity index (χ1v) is 9.54. The SMILES string of the molecule is Cn1c(-c2ccsc2CCC(=O)OC(C)(C)C)cc2cc(Cl)ccc21. The minimum absolute atomic E-state index is 0.157. The first-order valence-electron chi connectivity index (χ1n) is 8.28. The molecule has 5 heteroatoms. The molecule has 0 aliphatic heterocycles. The van der Waals surface area contributed by atoms with Crippen molar-refractivity contribution in [3.8, 4) is 11.3 Å². The van der Waals surface area contributed by atoms with Gasteiger partial charge in [-0.3, -0.25) is 4.79 Å². The van der Waals surface area contributed by atoms with Crippen molar-refractivity contribution in [2.75, 3.05) is 0 Å². The monoisotopic (exact) mass is 375 g/mol. The number of carbonyl (C=O) groups excluding carboxylic acids is 1. The summed E-state index contributed by atoms with van der Waals surface area (Å²) in [6.45, 7) is 5.67. The fraction of sp³-hybridized carbons (Fsp3) is 0.350. The predicted octanol–water partition coefficient (Wildman–Crippen LogP) is 5.83. The van der Waals surface area contributed by atoms with Crippen molar-refractivity contribution in [1.29, 1.82) is 0 Å². The van der Waals surface area contributed by atoms with Gasteiger partial charge in [-0.25, -0.2) is 0 Å². The summed E-state index contributed by atoms with van der Waals surface area (Å²) in [5, 5.41) is 3.93. The molecule has 0 radical (unpaired) electrons. The van der Waals surface area contributed by atoms with Crippen molar-refractivity contribution in [1.82, 2.24) is 4.57 Å². The molecular weight excluding hydrogens is 354 g/mol. The number of aryl methyl sites for hydroxylation is 2. The Kier molecular flexibility index (Phi) is 4.94. The molecule has 1 aromatic carbocycles. The lowest BCUT2D eigenvalue weighted by molar-refractivity contribution is -0.154. The molecule has 3 nitrogen and oxygen atoms in total. The largest absolute Gasteiger partial charge is 0.460 e. The second-order valence-corrected chi connectivity index (χ2v) is 8.57. The number of rotatable bonds is 4. The third kappa shape index (κ3) is 4.07. The van der Waals surface area contributed by atoms with E-state index in [2.05, 4.69) is 29.1 Å². The van der Waals surface area contributed by atoms with Gasteiger partial charge in [0.25, 0.3) is 0 Å². The molecule has 0 bridgehead atoms. The van der Waals surface area contributed by atoms with Crippen LogP contribution in [-0.4, -0.2) is 16.1 Å². The van der Waals surface area contributed by atoms with Crippen molar-refractivity contribution >= 4 is 39.8 Å². The van der Waals surface area contributed by atoms with E-state index in [-0.39, 0.29) is 5.97 Å². The molecule has 0 N–H and O–H groups in total. The molecular formula is C20H22ClNO2S. The van der Waals surface area contributed by atoms with Crippen LogP contribution in [0.25, 0.3) is 22.2 Å². The molecule has 2 aromatic heterocycles. The van der Waals surface area contributed by atoms with E-state index in [1.807, 2.05) is 39.0 Å². The fourth-order valence-electron chi connectivity index (χ4n) is 2.95. The van der Waals surface area contributed by atoms with Crippen LogP contribution in [-0.2, 0) is 23.0 Å². The van der Waals surface area contributed by atoms with Gasteiger partial charge in [0, 0.05) is 39.1 Å². The molecule has 2 heterocycles. The van der Waals surface area contributed by atoms with Crippen molar-refractivity contribution in [3.63, 3.8) is 0 Å². The standard InChI is InChI=1S/C20H22ClNO2S/c1-20(2,3)24-19(23)8-7-18-15(9-10-25-18)17-12-13-11-14(21)5-6-16(13)22(17)4/h5-6,9-12H,7-8H2,1-4H3. The van der Waals surface area contributed by atoms with Crippen molar-refractivity contribution in [2.24, 2.45) is 7.05 Å². The van der Waals surface area contributed by atoms with Gasteiger partial charge in [-0.15, -0.1) is 11.3 Å². The lowest BCUT2D eigenvalue weighted by Crippen LogP contribution is -2.23. The van der Waals surface area contributed by atoms with Gasteiger partial charge in [0.15, 0.2) is 0 Å². The average molecular weight is 376 g/mol. The molecule has 0 unspecified atom stereocenters. The molecule has 0 atom stereocenters. The Morgan fingerprint density at radius 1 is 1.24 bits per heavy atom. The number of halogens is 1. The van der Waals surface area contributed by atoms with Gasteiger partial charge >= 0.3 is 5.97 Å². The number of thiophene rings is 1. The minimum Gasteiger partial charge on any atom is -0.460 e. The summed E-state index contributed by atoms with van der Waals surface area (Å²) in [5.41, 5.74) is 3.01. The van der Waals surface area contributed by atoms with E-state index in [0.717, 1.165) is 21.6 Å². The first kappa shape index (κ1) is 18.0.